The molecule has 0 amide bonds. The lowest BCUT2D eigenvalue weighted by molar-refractivity contribution is 0.343. The molecule has 0 aromatic carbocycles. The van der Waals surface area contributed by atoms with E-state index in [2.05, 4.69) is 41.4 Å². The third-order valence-electron chi connectivity index (χ3n) is 2.48. The lowest BCUT2D eigenvalue weighted by Gasteiger charge is -2.21. The van der Waals surface area contributed by atoms with Crippen LogP contribution in [0.2, 0.25) is 0 Å². The Morgan fingerprint density at radius 1 is 1.38 bits per heavy atom. The Labute approximate surface area is 95.5 Å². The van der Waals surface area contributed by atoms with E-state index in [1.165, 1.54) is 0 Å². The summed E-state index contributed by atoms with van der Waals surface area (Å²) in [4.78, 5) is 8.36. The summed E-state index contributed by atoms with van der Waals surface area (Å²) >= 11 is 0. The second-order valence-electron chi connectivity index (χ2n) is 5.29. The number of aromatic nitrogens is 3. The number of hydrogen-bond donors (Lipinski definition) is 1. The number of fused-ring (bicyclic) bond motifs is 1. The van der Waals surface area contributed by atoms with Crippen LogP contribution in [0.5, 0.6) is 0 Å². The minimum atomic E-state index is 0.209. The van der Waals surface area contributed by atoms with Gasteiger partial charge in [0.05, 0.1) is 0 Å². The lowest BCUT2D eigenvalue weighted by atomic mass is 9.97. The summed E-state index contributed by atoms with van der Waals surface area (Å²) < 4.78 is 2.19. The van der Waals surface area contributed by atoms with Crippen LogP contribution in [0.15, 0.2) is 18.6 Å². The third kappa shape index (κ3) is 2.07. The van der Waals surface area contributed by atoms with E-state index in [1.54, 1.807) is 6.33 Å². The zero-order valence-corrected chi connectivity index (χ0v) is 10.1. The normalized spacial score (nSPS) is 12.2. The largest absolute Gasteiger partial charge is 0.328 e. The fraction of sp³-hybridized carbons (Fsp3) is 0.500. The van der Waals surface area contributed by atoms with Crippen molar-refractivity contribution in [2.75, 3.05) is 0 Å². The SMILES string of the molecule is CC(C)(C)Cn1c(CN)cc2cncnc21. The highest BCUT2D eigenvalue weighted by molar-refractivity contribution is 5.76. The second-order valence-corrected chi connectivity index (χ2v) is 5.29. The molecular formula is C12H18N4. The summed E-state index contributed by atoms with van der Waals surface area (Å²) in [5, 5.41) is 1.06. The molecule has 2 heterocycles. The van der Waals surface area contributed by atoms with Crippen LogP contribution >= 0.6 is 0 Å². The van der Waals surface area contributed by atoms with E-state index < -0.39 is 0 Å². The van der Waals surface area contributed by atoms with E-state index in [1.807, 2.05) is 6.20 Å². The van der Waals surface area contributed by atoms with Gasteiger partial charge in [0, 0.05) is 30.4 Å². The monoisotopic (exact) mass is 218 g/mol. The molecular weight excluding hydrogens is 200 g/mol. The molecule has 16 heavy (non-hydrogen) atoms. The van der Waals surface area contributed by atoms with Crippen LogP contribution in [0, 0.1) is 5.41 Å². The van der Waals surface area contributed by atoms with Crippen molar-refractivity contribution in [1.82, 2.24) is 14.5 Å². The fourth-order valence-electron chi connectivity index (χ4n) is 1.87. The van der Waals surface area contributed by atoms with E-state index in [0.29, 0.717) is 6.54 Å². The zero-order valence-electron chi connectivity index (χ0n) is 10.1. The van der Waals surface area contributed by atoms with Gasteiger partial charge in [-0.1, -0.05) is 20.8 Å². The molecule has 0 aliphatic rings. The van der Waals surface area contributed by atoms with Crippen molar-refractivity contribution in [1.29, 1.82) is 0 Å². The van der Waals surface area contributed by atoms with Crippen LogP contribution < -0.4 is 5.73 Å². The van der Waals surface area contributed by atoms with Crippen LogP contribution in [-0.2, 0) is 13.1 Å². The van der Waals surface area contributed by atoms with Crippen molar-refractivity contribution in [2.24, 2.45) is 11.1 Å². The molecule has 2 aromatic heterocycles. The fourth-order valence-corrected chi connectivity index (χ4v) is 1.87. The molecule has 2 aromatic rings. The first kappa shape index (κ1) is 11.1. The van der Waals surface area contributed by atoms with Gasteiger partial charge >= 0.3 is 0 Å². The van der Waals surface area contributed by atoms with Gasteiger partial charge in [0.1, 0.15) is 12.0 Å². The standard InChI is InChI=1S/C12H18N4/c1-12(2,3)7-16-10(5-13)4-9-6-14-8-15-11(9)16/h4,6,8H,5,7,13H2,1-3H3. The number of nitrogens with zero attached hydrogens (tertiary/aromatic N) is 3. The molecule has 0 atom stereocenters. The molecule has 0 bridgehead atoms. The minimum absolute atomic E-state index is 0.209. The van der Waals surface area contributed by atoms with Gasteiger partial charge in [0.25, 0.3) is 0 Å². The van der Waals surface area contributed by atoms with Gasteiger partial charge in [-0.15, -0.1) is 0 Å². The average molecular weight is 218 g/mol. The number of hydrogen-bond acceptors (Lipinski definition) is 3. The lowest BCUT2D eigenvalue weighted by Crippen LogP contribution is -2.18. The molecule has 0 saturated carbocycles. The van der Waals surface area contributed by atoms with Gasteiger partial charge in [-0.05, 0) is 11.5 Å². The third-order valence-corrected chi connectivity index (χ3v) is 2.48. The Hall–Kier alpha value is -1.42. The van der Waals surface area contributed by atoms with E-state index >= 15 is 0 Å². The number of nitrogens with two attached hydrogens (primary N) is 1. The van der Waals surface area contributed by atoms with Crippen LogP contribution in [-0.4, -0.2) is 14.5 Å². The maximum absolute atomic E-state index is 5.76. The molecule has 0 unspecified atom stereocenters. The summed E-state index contributed by atoms with van der Waals surface area (Å²) in [6.45, 7) is 8.08. The second kappa shape index (κ2) is 3.87. The topological polar surface area (TPSA) is 56.7 Å². The summed E-state index contributed by atoms with van der Waals surface area (Å²) in [6.07, 6.45) is 3.42. The highest BCUT2D eigenvalue weighted by atomic mass is 15.1. The van der Waals surface area contributed by atoms with Crippen LogP contribution in [0.3, 0.4) is 0 Å². The molecule has 2 rings (SSSR count). The van der Waals surface area contributed by atoms with Gasteiger partial charge in [-0.2, -0.15) is 0 Å². The molecule has 0 fully saturated rings. The Kier molecular flexibility index (Phi) is 2.68. The first-order valence-corrected chi connectivity index (χ1v) is 5.49. The van der Waals surface area contributed by atoms with Gasteiger partial charge in [-0.25, -0.2) is 9.97 Å². The van der Waals surface area contributed by atoms with Gasteiger partial charge in [0.2, 0.25) is 0 Å². The van der Waals surface area contributed by atoms with Crippen LogP contribution in [0.4, 0.5) is 0 Å². The molecule has 0 spiro atoms. The molecule has 0 aliphatic carbocycles. The summed E-state index contributed by atoms with van der Waals surface area (Å²) in [5.41, 5.74) is 8.07. The summed E-state index contributed by atoms with van der Waals surface area (Å²) in [7, 11) is 0. The van der Waals surface area contributed by atoms with Crippen LogP contribution in [0.25, 0.3) is 11.0 Å². The van der Waals surface area contributed by atoms with Crippen molar-refractivity contribution in [3.8, 4) is 0 Å². The summed E-state index contributed by atoms with van der Waals surface area (Å²) in [6, 6.07) is 2.07. The van der Waals surface area contributed by atoms with Gasteiger partial charge < -0.3 is 10.3 Å². The molecule has 0 saturated heterocycles. The van der Waals surface area contributed by atoms with Crippen molar-refractivity contribution < 1.29 is 0 Å². The maximum atomic E-state index is 5.76. The van der Waals surface area contributed by atoms with Gasteiger partial charge in [-0.3, -0.25) is 0 Å². The predicted octanol–water partition coefficient (Wildman–Crippen LogP) is 1.94. The highest BCUT2D eigenvalue weighted by Gasteiger charge is 2.16. The van der Waals surface area contributed by atoms with E-state index in [-0.39, 0.29) is 5.41 Å². The smallest absolute Gasteiger partial charge is 0.143 e. The van der Waals surface area contributed by atoms with Crippen molar-refractivity contribution in [3.05, 3.63) is 24.3 Å². The van der Waals surface area contributed by atoms with E-state index in [9.17, 15) is 0 Å². The Morgan fingerprint density at radius 2 is 2.12 bits per heavy atom. The molecule has 0 aliphatic heterocycles. The molecule has 2 N–H and O–H groups in total. The van der Waals surface area contributed by atoms with Crippen molar-refractivity contribution in [2.45, 2.75) is 33.9 Å². The molecule has 4 heteroatoms. The molecule has 86 valence electrons. The number of rotatable bonds is 2. The van der Waals surface area contributed by atoms with E-state index in [4.69, 9.17) is 5.73 Å². The highest BCUT2D eigenvalue weighted by Crippen LogP contribution is 2.23. The van der Waals surface area contributed by atoms with Crippen molar-refractivity contribution in [3.63, 3.8) is 0 Å². The maximum Gasteiger partial charge on any atom is 0.143 e. The predicted molar refractivity (Wildman–Crippen MR) is 64.9 cm³/mol. The Balaban J connectivity index is 2.56. The van der Waals surface area contributed by atoms with E-state index in [0.717, 1.165) is 23.3 Å². The summed E-state index contributed by atoms with van der Waals surface area (Å²) in [5.74, 6) is 0. The first-order chi connectivity index (χ1) is 7.51. The molecule has 4 nitrogen and oxygen atoms in total. The molecule has 0 radical (unpaired) electrons. The minimum Gasteiger partial charge on any atom is -0.328 e. The quantitative estimate of drug-likeness (QED) is 0.838. The van der Waals surface area contributed by atoms with Gasteiger partial charge in [0.15, 0.2) is 0 Å². The first-order valence-electron chi connectivity index (χ1n) is 5.49. The average Bonchev–Trinajstić information content (AvgIpc) is 2.55. The Bertz CT molecular complexity index is 493. The van der Waals surface area contributed by atoms with Crippen LogP contribution in [0.1, 0.15) is 26.5 Å². The zero-order chi connectivity index (χ0) is 11.8. The van der Waals surface area contributed by atoms with Crippen molar-refractivity contribution >= 4 is 11.0 Å². The Morgan fingerprint density at radius 3 is 2.75 bits per heavy atom.